The van der Waals surface area contributed by atoms with E-state index in [0.29, 0.717) is 12.3 Å². The molecule has 0 bridgehead atoms. The SMILES string of the molecule is COc1ccc(C2CCN(CCc3ccccc3N3CCCCC3=O)C2)cc1. The quantitative estimate of drug-likeness (QED) is 0.754. The molecule has 0 spiro atoms. The van der Waals surface area contributed by atoms with Crippen LogP contribution in [0.1, 0.15) is 42.7 Å². The molecule has 4 rings (SSSR count). The summed E-state index contributed by atoms with van der Waals surface area (Å²) in [6, 6.07) is 17.0. The normalized spacial score (nSPS) is 20.5. The molecule has 2 aliphatic heterocycles. The number of likely N-dealkylation sites (tertiary alicyclic amines) is 1. The van der Waals surface area contributed by atoms with Crippen LogP contribution < -0.4 is 9.64 Å². The Morgan fingerprint density at radius 2 is 1.86 bits per heavy atom. The maximum Gasteiger partial charge on any atom is 0.226 e. The number of amides is 1. The first-order valence-electron chi connectivity index (χ1n) is 10.5. The minimum atomic E-state index is 0.277. The molecule has 148 valence electrons. The molecule has 0 aromatic heterocycles. The summed E-state index contributed by atoms with van der Waals surface area (Å²) in [4.78, 5) is 16.9. The number of hydrogen-bond donors (Lipinski definition) is 0. The molecule has 2 saturated heterocycles. The Balaban J connectivity index is 1.37. The molecule has 1 unspecified atom stereocenters. The molecule has 0 saturated carbocycles. The maximum absolute atomic E-state index is 12.4. The molecule has 2 aromatic rings. The lowest BCUT2D eigenvalue weighted by molar-refractivity contribution is -0.119. The van der Waals surface area contributed by atoms with E-state index >= 15 is 0 Å². The third-order valence-corrected chi connectivity index (χ3v) is 6.16. The summed E-state index contributed by atoms with van der Waals surface area (Å²) in [5, 5.41) is 0. The van der Waals surface area contributed by atoms with E-state index in [1.807, 2.05) is 4.90 Å². The van der Waals surface area contributed by atoms with Crippen LogP contribution in [0.3, 0.4) is 0 Å². The molecule has 4 heteroatoms. The summed E-state index contributed by atoms with van der Waals surface area (Å²) in [5.74, 6) is 1.80. The number of benzene rings is 2. The fraction of sp³-hybridized carbons (Fsp3) is 0.458. The number of piperidine rings is 1. The zero-order chi connectivity index (χ0) is 19.3. The molecule has 0 aliphatic carbocycles. The van der Waals surface area contributed by atoms with Gasteiger partial charge in [-0.3, -0.25) is 4.79 Å². The van der Waals surface area contributed by atoms with E-state index in [-0.39, 0.29) is 5.91 Å². The first-order valence-corrected chi connectivity index (χ1v) is 10.5. The van der Waals surface area contributed by atoms with Crippen LogP contribution in [-0.2, 0) is 11.2 Å². The Hall–Kier alpha value is -2.33. The van der Waals surface area contributed by atoms with E-state index < -0.39 is 0 Å². The molecular formula is C24H30N2O2. The molecule has 1 amide bonds. The Morgan fingerprint density at radius 3 is 2.64 bits per heavy atom. The van der Waals surface area contributed by atoms with Crippen molar-refractivity contribution in [2.24, 2.45) is 0 Å². The summed E-state index contributed by atoms with van der Waals surface area (Å²) in [5.41, 5.74) is 3.83. The summed E-state index contributed by atoms with van der Waals surface area (Å²) < 4.78 is 5.27. The first-order chi connectivity index (χ1) is 13.7. The second-order valence-electron chi connectivity index (χ2n) is 7.94. The maximum atomic E-state index is 12.4. The largest absolute Gasteiger partial charge is 0.497 e. The number of ether oxygens (including phenoxy) is 1. The predicted octanol–water partition coefficient (Wildman–Crippen LogP) is 4.24. The van der Waals surface area contributed by atoms with Gasteiger partial charge in [0.05, 0.1) is 7.11 Å². The highest BCUT2D eigenvalue weighted by molar-refractivity contribution is 5.94. The number of nitrogens with zero attached hydrogens (tertiary/aromatic N) is 2. The topological polar surface area (TPSA) is 32.8 Å². The second kappa shape index (κ2) is 8.78. The van der Waals surface area contributed by atoms with Gasteiger partial charge in [0.1, 0.15) is 5.75 Å². The molecule has 2 heterocycles. The van der Waals surface area contributed by atoms with Crippen molar-refractivity contribution in [1.82, 2.24) is 4.90 Å². The van der Waals surface area contributed by atoms with Gasteiger partial charge in [-0.05, 0) is 67.5 Å². The Kier molecular flexibility index (Phi) is 5.96. The van der Waals surface area contributed by atoms with Gasteiger partial charge in [0.2, 0.25) is 5.91 Å². The zero-order valence-electron chi connectivity index (χ0n) is 16.8. The van der Waals surface area contributed by atoms with Gasteiger partial charge in [-0.2, -0.15) is 0 Å². The Morgan fingerprint density at radius 1 is 1.04 bits per heavy atom. The number of anilines is 1. The predicted molar refractivity (Wildman–Crippen MR) is 113 cm³/mol. The average molecular weight is 379 g/mol. The van der Waals surface area contributed by atoms with E-state index in [0.717, 1.165) is 56.9 Å². The van der Waals surface area contributed by atoms with Crippen molar-refractivity contribution in [3.63, 3.8) is 0 Å². The summed E-state index contributed by atoms with van der Waals surface area (Å²) >= 11 is 0. The fourth-order valence-electron chi connectivity index (χ4n) is 4.51. The monoisotopic (exact) mass is 378 g/mol. The summed E-state index contributed by atoms with van der Waals surface area (Å²) in [6.45, 7) is 4.16. The second-order valence-corrected chi connectivity index (χ2v) is 7.94. The lowest BCUT2D eigenvalue weighted by Gasteiger charge is -2.29. The van der Waals surface area contributed by atoms with Crippen LogP contribution in [0.4, 0.5) is 5.69 Å². The van der Waals surface area contributed by atoms with Crippen molar-refractivity contribution in [2.75, 3.05) is 38.2 Å². The summed E-state index contributed by atoms with van der Waals surface area (Å²) in [7, 11) is 1.71. The number of para-hydroxylation sites is 1. The highest BCUT2D eigenvalue weighted by Crippen LogP contribution is 2.30. The van der Waals surface area contributed by atoms with Crippen molar-refractivity contribution in [3.8, 4) is 5.75 Å². The first kappa shape index (κ1) is 19.0. The van der Waals surface area contributed by atoms with E-state index in [1.54, 1.807) is 7.11 Å². The van der Waals surface area contributed by atoms with Gasteiger partial charge in [-0.1, -0.05) is 30.3 Å². The molecule has 2 aliphatic rings. The zero-order valence-corrected chi connectivity index (χ0v) is 16.8. The van der Waals surface area contributed by atoms with E-state index in [1.165, 1.54) is 17.5 Å². The van der Waals surface area contributed by atoms with Gasteiger partial charge >= 0.3 is 0 Å². The van der Waals surface area contributed by atoms with Crippen LogP contribution in [0.2, 0.25) is 0 Å². The average Bonchev–Trinajstić information content (AvgIpc) is 3.22. The van der Waals surface area contributed by atoms with Crippen LogP contribution in [0, 0.1) is 0 Å². The third-order valence-electron chi connectivity index (χ3n) is 6.16. The van der Waals surface area contributed by atoms with Crippen LogP contribution in [0.5, 0.6) is 5.75 Å². The van der Waals surface area contributed by atoms with Gasteiger partial charge in [0, 0.05) is 31.7 Å². The number of methoxy groups -OCH3 is 1. The van der Waals surface area contributed by atoms with Crippen molar-refractivity contribution in [3.05, 3.63) is 59.7 Å². The summed E-state index contributed by atoms with van der Waals surface area (Å²) in [6.07, 6.45) is 5.02. The Bertz CT molecular complexity index is 803. The van der Waals surface area contributed by atoms with Gasteiger partial charge in [-0.15, -0.1) is 0 Å². The Labute approximate surface area is 168 Å². The van der Waals surface area contributed by atoms with Crippen LogP contribution in [0.15, 0.2) is 48.5 Å². The molecular weight excluding hydrogens is 348 g/mol. The third kappa shape index (κ3) is 4.22. The minimum Gasteiger partial charge on any atom is -0.497 e. The van der Waals surface area contributed by atoms with Crippen LogP contribution in [-0.4, -0.2) is 44.1 Å². The molecule has 2 fully saturated rings. The van der Waals surface area contributed by atoms with E-state index in [9.17, 15) is 4.79 Å². The number of carbonyl (C=O) groups is 1. The molecule has 0 radical (unpaired) electrons. The van der Waals surface area contributed by atoms with Crippen molar-refractivity contribution in [1.29, 1.82) is 0 Å². The fourth-order valence-corrected chi connectivity index (χ4v) is 4.51. The lowest BCUT2D eigenvalue weighted by atomic mass is 9.98. The number of carbonyl (C=O) groups excluding carboxylic acids is 1. The van der Waals surface area contributed by atoms with Gasteiger partial charge in [-0.25, -0.2) is 0 Å². The van der Waals surface area contributed by atoms with Crippen molar-refractivity contribution >= 4 is 11.6 Å². The highest BCUT2D eigenvalue weighted by atomic mass is 16.5. The van der Waals surface area contributed by atoms with Crippen LogP contribution in [0.25, 0.3) is 0 Å². The van der Waals surface area contributed by atoms with Gasteiger partial charge in [0.25, 0.3) is 0 Å². The molecule has 1 atom stereocenters. The smallest absolute Gasteiger partial charge is 0.226 e. The van der Waals surface area contributed by atoms with Crippen molar-refractivity contribution < 1.29 is 9.53 Å². The van der Waals surface area contributed by atoms with Crippen LogP contribution >= 0.6 is 0 Å². The minimum absolute atomic E-state index is 0.277. The van der Waals surface area contributed by atoms with Gasteiger partial charge in [0.15, 0.2) is 0 Å². The molecule has 0 N–H and O–H groups in total. The highest BCUT2D eigenvalue weighted by Gasteiger charge is 2.25. The van der Waals surface area contributed by atoms with Crippen molar-refractivity contribution in [2.45, 2.75) is 38.0 Å². The molecule has 2 aromatic carbocycles. The molecule has 4 nitrogen and oxygen atoms in total. The van der Waals surface area contributed by atoms with E-state index in [4.69, 9.17) is 4.74 Å². The molecule has 28 heavy (non-hydrogen) atoms. The van der Waals surface area contributed by atoms with E-state index in [2.05, 4.69) is 53.4 Å². The lowest BCUT2D eigenvalue weighted by Crippen LogP contribution is -2.36. The number of rotatable bonds is 6. The van der Waals surface area contributed by atoms with Gasteiger partial charge < -0.3 is 14.5 Å². The number of hydrogen-bond acceptors (Lipinski definition) is 3. The standard InChI is InChI=1S/C24H30N2O2/c1-28-22-11-9-19(10-12-22)21-14-17-25(18-21)16-13-20-6-2-3-7-23(20)26-15-5-4-8-24(26)27/h2-3,6-7,9-12,21H,4-5,8,13-18H2,1H3.